The smallest absolute Gasteiger partial charge is 0.123 e. The summed E-state index contributed by atoms with van der Waals surface area (Å²) in [5.41, 5.74) is 5.83. The molecule has 2 aromatic carbocycles. The van der Waals surface area contributed by atoms with Gasteiger partial charge in [-0.3, -0.25) is 0 Å². The highest BCUT2D eigenvalue weighted by atomic mass is 19.1. The van der Waals surface area contributed by atoms with Crippen LogP contribution in [0, 0.1) is 12.7 Å². The Kier molecular flexibility index (Phi) is 5.44. The van der Waals surface area contributed by atoms with Gasteiger partial charge in [0.1, 0.15) is 12.1 Å². The molecule has 0 spiro atoms. The van der Waals surface area contributed by atoms with Crippen molar-refractivity contribution in [1.29, 1.82) is 0 Å². The molecule has 2 heterocycles. The third-order valence-electron chi connectivity index (χ3n) is 4.85. The van der Waals surface area contributed by atoms with Crippen LogP contribution in [0.3, 0.4) is 0 Å². The first-order valence-electron chi connectivity index (χ1n) is 9.51. The number of hydrogen-bond acceptors (Lipinski definition) is 4. The molecule has 29 heavy (non-hydrogen) atoms. The van der Waals surface area contributed by atoms with E-state index in [2.05, 4.69) is 41.3 Å². The maximum absolute atomic E-state index is 13.4. The predicted molar refractivity (Wildman–Crippen MR) is 111 cm³/mol. The summed E-state index contributed by atoms with van der Waals surface area (Å²) in [4.78, 5) is 8.27. The highest BCUT2D eigenvalue weighted by Crippen LogP contribution is 2.25. The molecule has 0 aliphatic heterocycles. The largest absolute Gasteiger partial charge is 0.305 e. The van der Waals surface area contributed by atoms with E-state index in [4.69, 9.17) is 5.10 Å². The van der Waals surface area contributed by atoms with Crippen LogP contribution in [0.5, 0.6) is 0 Å². The van der Waals surface area contributed by atoms with E-state index >= 15 is 0 Å². The van der Waals surface area contributed by atoms with Crippen molar-refractivity contribution in [1.82, 2.24) is 25.1 Å². The molecule has 0 saturated carbocycles. The minimum Gasteiger partial charge on any atom is -0.305 e. The van der Waals surface area contributed by atoms with E-state index < -0.39 is 0 Å². The number of nitrogens with zero attached hydrogens (tertiary/aromatic N) is 4. The highest BCUT2D eigenvalue weighted by Gasteiger charge is 2.14. The number of nitrogens with one attached hydrogen (secondary N) is 1. The molecule has 5 nitrogen and oxygen atoms in total. The summed E-state index contributed by atoms with van der Waals surface area (Å²) < 4.78 is 15.3. The van der Waals surface area contributed by atoms with Gasteiger partial charge in [-0.1, -0.05) is 17.7 Å². The van der Waals surface area contributed by atoms with E-state index in [1.165, 1.54) is 17.7 Å². The maximum Gasteiger partial charge on any atom is 0.123 e. The van der Waals surface area contributed by atoms with Crippen molar-refractivity contribution >= 4 is 0 Å². The normalized spacial score (nSPS) is 12.1. The Morgan fingerprint density at radius 2 is 1.79 bits per heavy atom. The maximum atomic E-state index is 13.4. The van der Waals surface area contributed by atoms with Crippen LogP contribution in [0.15, 0.2) is 73.3 Å². The fourth-order valence-electron chi connectivity index (χ4n) is 3.14. The summed E-state index contributed by atoms with van der Waals surface area (Å²) in [6.07, 6.45) is 5.30. The Balaban J connectivity index is 1.65. The average Bonchev–Trinajstić information content (AvgIpc) is 3.18. The van der Waals surface area contributed by atoms with Crippen LogP contribution >= 0.6 is 0 Å². The van der Waals surface area contributed by atoms with Crippen LogP contribution in [0.4, 0.5) is 4.39 Å². The van der Waals surface area contributed by atoms with Crippen LogP contribution < -0.4 is 5.32 Å². The number of aromatic nitrogens is 4. The number of rotatable bonds is 6. The first-order chi connectivity index (χ1) is 14.1. The van der Waals surface area contributed by atoms with Crippen LogP contribution in [0.25, 0.3) is 16.9 Å². The minimum atomic E-state index is -0.260. The Morgan fingerprint density at radius 1 is 1.03 bits per heavy atom. The van der Waals surface area contributed by atoms with E-state index in [1.807, 2.05) is 29.1 Å². The molecule has 1 N–H and O–H groups in total. The van der Waals surface area contributed by atoms with E-state index in [-0.39, 0.29) is 11.9 Å². The van der Waals surface area contributed by atoms with E-state index in [1.54, 1.807) is 24.7 Å². The summed E-state index contributed by atoms with van der Waals surface area (Å²) in [5.74, 6) is -0.260. The molecule has 146 valence electrons. The van der Waals surface area contributed by atoms with Gasteiger partial charge in [-0.2, -0.15) is 5.10 Å². The summed E-state index contributed by atoms with van der Waals surface area (Å²) in [6, 6.07) is 16.6. The summed E-state index contributed by atoms with van der Waals surface area (Å²) in [7, 11) is 0. The Bertz CT molecular complexity index is 1070. The standard InChI is InChI=1S/C23H22FN5/c1-16-3-9-21(10-4-16)29-14-19(13-26-17(2)22-11-12-25-15-27-22)23(28-29)18-5-7-20(24)8-6-18/h3-12,14-15,17,26H,13H2,1-2H3/t17-/m0/s1. The van der Waals surface area contributed by atoms with Gasteiger partial charge in [0.05, 0.1) is 17.1 Å². The zero-order valence-corrected chi connectivity index (χ0v) is 16.4. The van der Waals surface area contributed by atoms with Crippen LogP contribution in [0.2, 0.25) is 0 Å². The number of hydrogen-bond donors (Lipinski definition) is 1. The van der Waals surface area contributed by atoms with E-state index in [0.29, 0.717) is 6.54 Å². The predicted octanol–water partition coefficient (Wildman–Crippen LogP) is 4.63. The van der Waals surface area contributed by atoms with Gasteiger partial charge < -0.3 is 5.32 Å². The molecule has 0 aliphatic carbocycles. The first-order valence-corrected chi connectivity index (χ1v) is 9.51. The number of benzene rings is 2. The summed E-state index contributed by atoms with van der Waals surface area (Å²) in [6.45, 7) is 4.72. The number of halogens is 1. The lowest BCUT2D eigenvalue weighted by atomic mass is 10.1. The van der Waals surface area contributed by atoms with Crippen molar-refractivity contribution in [3.8, 4) is 16.9 Å². The topological polar surface area (TPSA) is 55.6 Å². The van der Waals surface area contributed by atoms with Crippen molar-refractivity contribution in [2.45, 2.75) is 26.4 Å². The lowest BCUT2D eigenvalue weighted by Gasteiger charge is -2.12. The summed E-state index contributed by atoms with van der Waals surface area (Å²) >= 11 is 0. The Morgan fingerprint density at radius 3 is 2.48 bits per heavy atom. The molecule has 0 aliphatic rings. The van der Waals surface area contributed by atoms with Crippen molar-refractivity contribution in [3.63, 3.8) is 0 Å². The Labute approximate surface area is 169 Å². The molecule has 0 bridgehead atoms. The minimum absolute atomic E-state index is 0.0572. The SMILES string of the molecule is Cc1ccc(-n2cc(CN[C@@H](C)c3ccncn3)c(-c3ccc(F)cc3)n2)cc1. The Hall–Kier alpha value is -3.38. The van der Waals surface area contributed by atoms with Gasteiger partial charge in [0, 0.05) is 36.1 Å². The third kappa shape index (κ3) is 4.38. The van der Waals surface area contributed by atoms with Crippen LogP contribution in [-0.4, -0.2) is 19.7 Å². The lowest BCUT2D eigenvalue weighted by molar-refractivity contribution is 0.560. The lowest BCUT2D eigenvalue weighted by Crippen LogP contribution is -2.19. The molecule has 2 aromatic heterocycles. The van der Waals surface area contributed by atoms with Gasteiger partial charge in [-0.15, -0.1) is 0 Å². The third-order valence-corrected chi connectivity index (χ3v) is 4.85. The molecular weight excluding hydrogens is 365 g/mol. The van der Waals surface area contributed by atoms with Gasteiger partial charge in [-0.05, 0) is 56.3 Å². The van der Waals surface area contributed by atoms with Crippen molar-refractivity contribution in [2.75, 3.05) is 0 Å². The second kappa shape index (κ2) is 8.32. The van der Waals surface area contributed by atoms with E-state index in [9.17, 15) is 4.39 Å². The molecular formula is C23H22FN5. The zero-order chi connectivity index (χ0) is 20.2. The molecule has 0 radical (unpaired) electrons. The van der Waals surface area contributed by atoms with Crippen molar-refractivity contribution in [2.24, 2.45) is 0 Å². The molecule has 0 fully saturated rings. The van der Waals surface area contributed by atoms with Gasteiger partial charge in [0.25, 0.3) is 0 Å². The highest BCUT2D eigenvalue weighted by molar-refractivity contribution is 5.63. The fourth-order valence-corrected chi connectivity index (χ4v) is 3.14. The van der Waals surface area contributed by atoms with Crippen LogP contribution in [0.1, 0.15) is 29.8 Å². The molecule has 0 saturated heterocycles. The first kappa shape index (κ1) is 19.0. The van der Waals surface area contributed by atoms with Gasteiger partial charge >= 0.3 is 0 Å². The molecule has 0 unspecified atom stereocenters. The fraction of sp³-hybridized carbons (Fsp3) is 0.174. The molecule has 1 atom stereocenters. The average molecular weight is 387 g/mol. The van der Waals surface area contributed by atoms with Gasteiger partial charge in [-0.25, -0.2) is 19.0 Å². The molecule has 4 aromatic rings. The molecule has 6 heteroatoms. The quantitative estimate of drug-likeness (QED) is 0.524. The molecule has 0 amide bonds. The van der Waals surface area contributed by atoms with Crippen molar-refractivity contribution in [3.05, 3.63) is 96.0 Å². The molecule has 4 rings (SSSR count). The summed E-state index contributed by atoms with van der Waals surface area (Å²) in [5, 5.41) is 8.28. The van der Waals surface area contributed by atoms with Gasteiger partial charge in [0.2, 0.25) is 0 Å². The van der Waals surface area contributed by atoms with Crippen molar-refractivity contribution < 1.29 is 4.39 Å². The zero-order valence-electron chi connectivity index (χ0n) is 16.4. The van der Waals surface area contributed by atoms with Crippen LogP contribution in [-0.2, 0) is 6.54 Å². The second-order valence-electron chi connectivity index (χ2n) is 7.03. The van der Waals surface area contributed by atoms with Gasteiger partial charge in [0.15, 0.2) is 0 Å². The van der Waals surface area contributed by atoms with E-state index in [0.717, 1.165) is 28.2 Å². The monoisotopic (exact) mass is 387 g/mol. The second-order valence-corrected chi connectivity index (χ2v) is 7.03. The number of aryl methyl sites for hydroxylation is 1.